The van der Waals surface area contributed by atoms with Gasteiger partial charge in [0.25, 0.3) is 5.91 Å². The van der Waals surface area contributed by atoms with Crippen LogP contribution in [-0.4, -0.2) is 43.0 Å². The van der Waals surface area contributed by atoms with Crippen molar-refractivity contribution >= 4 is 17.5 Å². The van der Waals surface area contributed by atoms with Crippen LogP contribution in [0.25, 0.3) is 0 Å². The Balaban J connectivity index is 1.63. The number of ether oxygens (including phenoxy) is 1. The number of nitrogens with zero attached hydrogens (tertiary/aromatic N) is 2. The maximum atomic E-state index is 12.5. The average Bonchev–Trinajstić information content (AvgIpc) is 2.62. The zero-order valence-electron chi connectivity index (χ0n) is 17.1. The molecule has 0 aliphatic carbocycles. The minimum Gasteiger partial charge on any atom is -0.482 e. The largest absolute Gasteiger partial charge is 0.482 e. The van der Waals surface area contributed by atoms with Gasteiger partial charge in [-0.2, -0.15) is 0 Å². The molecule has 0 unspecified atom stereocenters. The van der Waals surface area contributed by atoms with E-state index in [1.807, 2.05) is 11.0 Å². The summed E-state index contributed by atoms with van der Waals surface area (Å²) in [5, 5.41) is 0. The molecule has 0 bridgehead atoms. The van der Waals surface area contributed by atoms with E-state index in [1.54, 1.807) is 4.90 Å². The zero-order chi connectivity index (χ0) is 19.6. The fraction of sp³-hybridized carbons (Fsp3) is 0.636. The summed E-state index contributed by atoms with van der Waals surface area (Å²) in [5.74, 6) is 1.64. The lowest BCUT2D eigenvalue weighted by Gasteiger charge is -2.32. The van der Waals surface area contributed by atoms with E-state index in [0.29, 0.717) is 25.3 Å². The highest BCUT2D eigenvalue weighted by Gasteiger charge is 2.28. The monoisotopic (exact) mass is 372 g/mol. The van der Waals surface area contributed by atoms with E-state index in [1.165, 1.54) is 5.56 Å². The van der Waals surface area contributed by atoms with Crippen LogP contribution in [0.3, 0.4) is 0 Å². The van der Waals surface area contributed by atoms with Crippen molar-refractivity contribution in [3.8, 4) is 5.75 Å². The number of fused-ring (bicyclic) bond motifs is 1. The van der Waals surface area contributed by atoms with E-state index in [0.717, 1.165) is 37.4 Å². The van der Waals surface area contributed by atoms with Crippen molar-refractivity contribution in [2.24, 2.45) is 5.92 Å². The van der Waals surface area contributed by atoms with Crippen molar-refractivity contribution in [1.82, 2.24) is 4.90 Å². The first-order valence-electron chi connectivity index (χ1n) is 10.1. The molecule has 0 spiro atoms. The maximum absolute atomic E-state index is 12.5. The van der Waals surface area contributed by atoms with Gasteiger partial charge in [-0.1, -0.05) is 33.8 Å². The molecule has 0 radical (unpaired) electrons. The second-order valence-electron chi connectivity index (χ2n) is 8.93. The second-order valence-corrected chi connectivity index (χ2v) is 8.93. The maximum Gasteiger partial charge on any atom is 0.265 e. The summed E-state index contributed by atoms with van der Waals surface area (Å²) in [5.41, 5.74) is 2.00. The predicted molar refractivity (Wildman–Crippen MR) is 107 cm³/mol. The molecule has 0 saturated carbocycles. The molecule has 2 heterocycles. The van der Waals surface area contributed by atoms with Crippen LogP contribution in [0, 0.1) is 5.92 Å². The Hall–Kier alpha value is -2.04. The molecule has 1 aromatic carbocycles. The van der Waals surface area contributed by atoms with Gasteiger partial charge in [0, 0.05) is 26.1 Å². The van der Waals surface area contributed by atoms with Gasteiger partial charge in [-0.15, -0.1) is 0 Å². The molecule has 148 valence electrons. The van der Waals surface area contributed by atoms with E-state index in [-0.39, 0.29) is 23.8 Å². The molecule has 1 saturated heterocycles. The molecule has 2 aliphatic heterocycles. The van der Waals surface area contributed by atoms with Crippen molar-refractivity contribution in [1.29, 1.82) is 0 Å². The lowest BCUT2D eigenvalue weighted by atomic mass is 9.86. The van der Waals surface area contributed by atoms with Gasteiger partial charge in [0.15, 0.2) is 6.61 Å². The number of likely N-dealkylation sites (tertiary alicyclic amines) is 1. The van der Waals surface area contributed by atoms with Crippen LogP contribution in [0.4, 0.5) is 5.69 Å². The SMILES string of the molecule is CC1CCN(C(=O)CCCN2C(=O)COc3ccc(C(C)(C)C)cc32)CC1. The lowest BCUT2D eigenvalue weighted by molar-refractivity contribution is -0.132. The molecule has 1 aromatic rings. The standard InChI is InChI=1S/C22H32N2O3/c1-16-9-12-23(13-10-16)20(25)6-5-11-24-18-14-17(22(2,3)4)7-8-19(18)27-15-21(24)26/h7-8,14,16H,5-6,9-13,15H2,1-4H3. The first kappa shape index (κ1) is 19.7. The molecule has 5 nitrogen and oxygen atoms in total. The van der Waals surface area contributed by atoms with Crippen molar-refractivity contribution in [2.45, 2.75) is 58.8 Å². The van der Waals surface area contributed by atoms with E-state index >= 15 is 0 Å². The summed E-state index contributed by atoms with van der Waals surface area (Å²) in [4.78, 5) is 28.7. The molecule has 0 aromatic heterocycles. The predicted octanol–water partition coefficient (Wildman–Crippen LogP) is 3.75. The summed E-state index contributed by atoms with van der Waals surface area (Å²) in [6, 6.07) is 6.07. The topological polar surface area (TPSA) is 49.9 Å². The smallest absolute Gasteiger partial charge is 0.265 e. The summed E-state index contributed by atoms with van der Waals surface area (Å²) in [6.07, 6.45) is 3.36. The highest BCUT2D eigenvalue weighted by Crippen LogP contribution is 2.36. The van der Waals surface area contributed by atoms with Gasteiger partial charge in [-0.05, 0) is 48.3 Å². The Morgan fingerprint density at radius 1 is 1.22 bits per heavy atom. The Kier molecular flexibility index (Phi) is 5.78. The van der Waals surface area contributed by atoms with Crippen LogP contribution in [0.1, 0.15) is 58.9 Å². The number of hydrogen-bond acceptors (Lipinski definition) is 3. The van der Waals surface area contributed by atoms with Crippen LogP contribution in [0.2, 0.25) is 0 Å². The molecule has 27 heavy (non-hydrogen) atoms. The van der Waals surface area contributed by atoms with Crippen LogP contribution in [-0.2, 0) is 15.0 Å². The van der Waals surface area contributed by atoms with Gasteiger partial charge in [0.2, 0.25) is 5.91 Å². The van der Waals surface area contributed by atoms with Gasteiger partial charge >= 0.3 is 0 Å². The first-order valence-corrected chi connectivity index (χ1v) is 10.1. The van der Waals surface area contributed by atoms with E-state index in [9.17, 15) is 9.59 Å². The minimum absolute atomic E-state index is 0.00254. The fourth-order valence-corrected chi connectivity index (χ4v) is 3.72. The lowest BCUT2D eigenvalue weighted by Crippen LogP contribution is -2.41. The van der Waals surface area contributed by atoms with E-state index in [2.05, 4.69) is 39.8 Å². The van der Waals surface area contributed by atoms with E-state index in [4.69, 9.17) is 4.74 Å². The molecule has 2 aliphatic rings. The van der Waals surface area contributed by atoms with Crippen LogP contribution >= 0.6 is 0 Å². The van der Waals surface area contributed by atoms with Crippen molar-refractivity contribution in [3.63, 3.8) is 0 Å². The summed E-state index contributed by atoms with van der Waals surface area (Å²) < 4.78 is 5.60. The summed E-state index contributed by atoms with van der Waals surface area (Å²) in [6.45, 7) is 11.1. The van der Waals surface area contributed by atoms with Crippen molar-refractivity contribution in [2.75, 3.05) is 31.1 Å². The quantitative estimate of drug-likeness (QED) is 0.809. The Morgan fingerprint density at radius 3 is 2.59 bits per heavy atom. The van der Waals surface area contributed by atoms with Gasteiger partial charge in [-0.3, -0.25) is 9.59 Å². The highest BCUT2D eigenvalue weighted by atomic mass is 16.5. The number of carbonyl (C=O) groups is 2. The number of carbonyl (C=O) groups excluding carboxylic acids is 2. The number of amides is 2. The van der Waals surface area contributed by atoms with Gasteiger partial charge < -0.3 is 14.5 Å². The summed E-state index contributed by atoms with van der Waals surface area (Å²) in [7, 11) is 0. The first-order chi connectivity index (χ1) is 12.8. The third-order valence-electron chi connectivity index (χ3n) is 5.68. The van der Waals surface area contributed by atoms with Crippen LogP contribution < -0.4 is 9.64 Å². The molecule has 2 amide bonds. The number of piperidine rings is 1. The van der Waals surface area contributed by atoms with Crippen LogP contribution in [0.15, 0.2) is 18.2 Å². The number of benzene rings is 1. The normalized spacial score (nSPS) is 18.3. The van der Waals surface area contributed by atoms with Crippen molar-refractivity contribution in [3.05, 3.63) is 23.8 Å². The zero-order valence-corrected chi connectivity index (χ0v) is 17.1. The van der Waals surface area contributed by atoms with E-state index < -0.39 is 0 Å². The molecular formula is C22H32N2O3. The fourth-order valence-electron chi connectivity index (χ4n) is 3.72. The Labute approximate surface area is 162 Å². The average molecular weight is 373 g/mol. The van der Waals surface area contributed by atoms with Crippen LogP contribution in [0.5, 0.6) is 5.75 Å². The van der Waals surface area contributed by atoms with Gasteiger partial charge in [-0.25, -0.2) is 0 Å². The number of rotatable bonds is 4. The molecule has 0 atom stereocenters. The molecule has 0 N–H and O–H groups in total. The third-order valence-corrected chi connectivity index (χ3v) is 5.68. The third kappa shape index (κ3) is 4.63. The number of hydrogen-bond donors (Lipinski definition) is 0. The molecule has 3 rings (SSSR count). The van der Waals surface area contributed by atoms with Gasteiger partial charge in [0.05, 0.1) is 5.69 Å². The molecular weight excluding hydrogens is 340 g/mol. The minimum atomic E-state index is -0.0344. The van der Waals surface area contributed by atoms with Crippen molar-refractivity contribution < 1.29 is 14.3 Å². The molecule has 5 heteroatoms. The highest BCUT2D eigenvalue weighted by molar-refractivity contribution is 5.98. The molecule has 1 fully saturated rings. The second kappa shape index (κ2) is 7.91. The number of anilines is 1. The Bertz CT molecular complexity index is 700. The van der Waals surface area contributed by atoms with Gasteiger partial charge in [0.1, 0.15) is 5.75 Å². The summed E-state index contributed by atoms with van der Waals surface area (Å²) >= 11 is 0. The Morgan fingerprint density at radius 2 is 1.93 bits per heavy atom.